The second-order valence-corrected chi connectivity index (χ2v) is 12.5. The summed E-state index contributed by atoms with van der Waals surface area (Å²) in [6.45, 7) is 3.34. The molecule has 5 aliphatic carbocycles. The lowest BCUT2D eigenvalue weighted by Crippen LogP contribution is -2.82. The van der Waals surface area contributed by atoms with E-state index < -0.39 is 34.2 Å². The summed E-state index contributed by atoms with van der Waals surface area (Å²) >= 11 is 0. The molecule has 5 saturated carbocycles. The van der Waals surface area contributed by atoms with E-state index in [0.717, 1.165) is 6.42 Å². The van der Waals surface area contributed by atoms with E-state index in [-0.39, 0.29) is 66.9 Å². The third kappa shape index (κ3) is 2.68. The minimum absolute atomic E-state index is 0.0393. The molecule has 6 fully saturated rings. The summed E-state index contributed by atoms with van der Waals surface area (Å²) in [5.74, 6) is -1.34. The number of carbonyl (C=O) groups excluding carboxylic acids is 2. The number of aliphatic hydroxyl groups is 2. The van der Waals surface area contributed by atoms with Crippen LogP contribution in [-0.2, 0) is 33.3 Å². The number of methoxy groups -OCH3 is 4. The molecule has 1 amide bonds. The number of fused-ring (bicyclic) bond motifs is 2. The highest BCUT2D eigenvalue weighted by atomic mass is 16.5. The number of rotatable bonds is 6. The molecule has 10 nitrogen and oxygen atoms in total. The molecule has 0 radical (unpaired) electrons. The van der Waals surface area contributed by atoms with Gasteiger partial charge in [-0.15, -0.1) is 0 Å². The molecule has 1 saturated heterocycles. The molecule has 208 valence electrons. The Hall–Kier alpha value is -1.30. The minimum atomic E-state index is -1.80. The summed E-state index contributed by atoms with van der Waals surface area (Å²) in [5.41, 5.74) is -4.80. The van der Waals surface area contributed by atoms with Crippen LogP contribution < -0.4 is 0 Å². The average Bonchev–Trinajstić information content (AvgIpc) is 3.27. The molecule has 6 rings (SSSR count). The third-order valence-electron chi connectivity index (χ3n) is 11.8. The van der Waals surface area contributed by atoms with Crippen LogP contribution in [0.4, 0.5) is 0 Å². The van der Waals surface area contributed by atoms with E-state index >= 15 is 0 Å². The second kappa shape index (κ2) is 8.11. The molecule has 37 heavy (non-hydrogen) atoms. The van der Waals surface area contributed by atoms with Gasteiger partial charge in [-0.25, -0.2) is 0 Å². The molecular formula is C27H41NO9. The van der Waals surface area contributed by atoms with Gasteiger partial charge in [0.15, 0.2) is 0 Å². The highest BCUT2D eigenvalue weighted by Gasteiger charge is 2.92. The predicted octanol–water partition coefficient (Wildman–Crippen LogP) is 0.368. The first kappa shape index (κ1) is 26.0. The van der Waals surface area contributed by atoms with Crippen molar-refractivity contribution in [3.05, 3.63) is 0 Å². The number of amides is 1. The SMILES string of the molecule is CO[C@H]1[C@@H]2C[C@@H]3[C@H]1[C@](O)(C[C@@H]2OC)[C@]1(O)[C@@H](OC)[C@@H]2[C@@]4(COC(C)=O)CC[C@H](OC)[C@@]32[C@@H]1N(C(C)=O)C4. The van der Waals surface area contributed by atoms with Gasteiger partial charge in [0.1, 0.15) is 11.2 Å². The Balaban J connectivity index is 1.67. The number of hydrogen-bond acceptors (Lipinski definition) is 9. The van der Waals surface area contributed by atoms with Gasteiger partial charge >= 0.3 is 5.97 Å². The Labute approximate surface area is 217 Å². The topological polar surface area (TPSA) is 124 Å². The van der Waals surface area contributed by atoms with Gasteiger partial charge in [0.05, 0.1) is 37.1 Å². The van der Waals surface area contributed by atoms with E-state index in [2.05, 4.69) is 0 Å². The van der Waals surface area contributed by atoms with Gasteiger partial charge in [-0.3, -0.25) is 9.59 Å². The number of likely N-dealkylation sites (tertiary alicyclic amines) is 1. The first-order valence-corrected chi connectivity index (χ1v) is 13.5. The lowest BCUT2D eigenvalue weighted by atomic mass is 9.42. The summed E-state index contributed by atoms with van der Waals surface area (Å²) in [6, 6.07) is -0.721. The Kier molecular flexibility index (Phi) is 5.69. The van der Waals surface area contributed by atoms with Crippen molar-refractivity contribution in [2.24, 2.45) is 34.5 Å². The standard InChI is InChI=1S/C27H41NO9/c1-13(29)28-11-24(12-37-14(2)30)8-7-18(34-4)26-16-9-15-17(33-3)10-25(31,19(16)20(15)35-5)27(32,23(26)28)22(36-6)21(24)26/h15-23,31-32H,7-12H2,1-6H3/t15-,16-,17+,18+,19-,20+,21-,22+,23+,24+,25-,26+,27+/m1/s1. The average molecular weight is 524 g/mol. The molecule has 0 aromatic heterocycles. The van der Waals surface area contributed by atoms with Crippen LogP contribution in [0, 0.1) is 34.5 Å². The smallest absolute Gasteiger partial charge is 0.302 e. The van der Waals surface area contributed by atoms with E-state index in [1.165, 1.54) is 13.8 Å². The van der Waals surface area contributed by atoms with Crippen LogP contribution in [0.15, 0.2) is 0 Å². The van der Waals surface area contributed by atoms with Crippen LogP contribution in [0.5, 0.6) is 0 Å². The summed E-state index contributed by atoms with van der Waals surface area (Å²) in [6.07, 6.45) is 0.568. The number of carbonyl (C=O) groups is 2. The van der Waals surface area contributed by atoms with Crippen LogP contribution >= 0.6 is 0 Å². The summed E-state index contributed by atoms with van der Waals surface area (Å²) < 4.78 is 30.1. The number of nitrogens with zero attached hydrogens (tertiary/aromatic N) is 1. The fraction of sp³-hybridized carbons (Fsp3) is 0.926. The molecular weight excluding hydrogens is 482 g/mol. The lowest BCUT2D eigenvalue weighted by molar-refractivity contribution is -0.317. The molecule has 0 aromatic rings. The van der Waals surface area contributed by atoms with Gasteiger partial charge in [-0.2, -0.15) is 0 Å². The Bertz CT molecular complexity index is 993. The Morgan fingerprint density at radius 2 is 1.76 bits per heavy atom. The number of piperidine rings is 1. The zero-order chi connectivity index (χ0) is 26.7. The quantitative estimate of drug-likeness (QED) is 0.475. The zero-order valence-electron chi connectivity index (χ0n) is 22.6. The zero-order valence-corrected chi connectivity index (χ0v) is 22.6. The van der Waals surface area contributed by atoms with Crippen molar-refractivity contribution in [3.8, 4) is 0 Å². The number of hydrogen-bond donors (Lipinski definition) is 2. The normalized spacial score (nSPS) is 54.8. The molecule has 1 spiro atoms. The van der Waals surface area contributed by atoms with Gasteiger partial charge in [-0.05, 0) is 25.2 Å². The fourth-order valence-corrected chi connectivity index (χ4v) is 11.1. The van der Waals surface area contributed by atoms with Crippen molar-refractivity contribution in [2.75, 3.05) is 41.6 Å². The van der Waals surface area contributed by atoms with E-state index in [4.69, 9.17) is 23.7 Å². The van der Waals surface area contributed by atoms with Gasteiger partial charge in [0, 0.05) is 83.8 Å². The Morgan fingerprint density at radius 1 is 1.03 bits per heavy atom. The molecule has 6 aliphatic rings. The largest absolute Gasteiger partial charge is 0.465 e. The molecule has 10 heteroatoms. The third-order valence-corrected chi connectivity index (χ3v) is 11.8. The van der Waals surface area contributed by atoms with Crippen molar-refractivity contribution >= 4 is 11.9 Å². The van der Waals surface area contributed by atoms with Gasteiger partial charge in [0.2, 0.25) is 5.91 Å². The van der Waals surface area contributed by atoms with Crippen molar-refractivity contribution in [1.82, 2.24) is 4.90 Å². The molecule has 0 unspecified atom stereocenters. The van der Waals surface area contributed by atoms with E-state index in [0.29, 0.717) is 19.4 Å². The number of ether oxygens (including phenoxy) is 5. The molecule has 1 heterocycles. The van der Waals surface area contributed by atoms with Crippen LogP contribution in [-0.4, -0.2) is 110 Å². The molecule has 1 aliphatic heterocycles. The maximum absolute atomic E-state index is 13.4. The van der Waals surface area contributed by atoms with Crippen LogP contribution in [0.2, 0.25) is 0 Å². The van der Waals surface area contributed by atoms with E-state index in [1.54, 1.807) is 33.3 Å². The summed E-state index contributed by atoms with van der Waals surface area (Å²) in [4.78, 5) is 27.2. The highest BCUT2D eigenvalue weighted by Crippen LogP contribution is 2.80. The molecule has 0 aromatic carbocycles. The highest BCUT2D eigenvalue weighted by molar-refractivity contribution is 5.75. The van der Waals surface area contributed by atoms with E-state index in [1.807, 2.05) is 0 Å². The first-order chi connectivity index (χ1) is 17.5. The monoisotopic (exact) mass is 523 g/mol. The summed E-state index contributed by atoms with van der Waals surface area (Å²) in [5, 5.41) is 25.9. The van der Waals surface area contributed by atoms with Crippen LogP contribution in [0.3, 0.4) is 0 Å². The molecule has 7 bridgehead atoms. The maximum atomic E-state index is 13.4. The first-order valence-electron chi connectivity index (χ1n) is 13.5. The van der Waals surface area contributed by atoms with E-state index in [9.17, 15) is 19.8 Å². The number of esters is 1. The van der Waals surface area contributed by atoms with Gasteiger partial charge in [0.25, 0.3) is 0 Å². The maximum Gasteiger partial charge on any atom is 0.302 e. The van der Waals surface area contributed by atoms with Crippen molar-refractivity contribution < 1.29 is 43.5 Å². The molecule has 13 atom stereocenters. The van der Waals surface area contributed by atoms with Crippen molar-refractivity contribution in [2.45, 2.75) is 81.2 Å². The van der Waals surface area contributed by atoms with Gasteiger partial charge < -0.3 is 38.8 Å². The Morgan fingerprint density at radius 3 is 2.32 bits per heavy atom. The lowest BCUT2D eigenvalue weighted by Gasteiger charge is -2.69. The van der Waals surface area contributed by atoms with Crippen molar-refractivity contribution in [3.63, 3.8) is 0 Å². The molecule has 2 N–H and O–H groups in total. The summed E-state index contributed by atoms with van der Waals surface area (Å²) in [7, 11) is 6.56. The minimum Gasteiger partial charge on any atom is -0.465 e. The van der Waals surface area contributed by atoms with Gasteiger partial charge in [-0.1, -0.05) is 0 Å². The van der Waals surface area contributed by atoms with Crippen LogP contribution in [0.1, 0.15) is 39.5 Å². The fourth-order valence-electron chi connectivity index (χ4n) is 11.1. The van der Waals surface area contributed by atoms with Crippen LogP contribution in [0.25, 0.3) is 0 Å². The second-order valence-electron chi connectivity index (χ2n) is 12.5. The predicted molar refractivity (Wildman–Crippen MR) is 128 cm³/mol. The van der Waals surface area contributed by atoms with Crippen molar-refractivity contribution in [1.29, 1.82) is 0 Å².